The minimum atomic E-state index is -0.197. The summed E-state index contributed by atoms with van der Waals surface area (Å²) >= 11 is 0. The lowest BCUT2D eigenvalue weighted by Gasteiger charge is -2.17. The van der Waals surface area contributed by atoms with E-state index >= 15 is 0 Å². The largest absolute Gasteiger partial charge is 0.338 e. The van der Waals surface area contributed by atoms with E-state index in [1.807, 2.05) is 20.0 Å². The number of hydrogen-bond acceptors (Lipinski definition) is 3. The molecule has 6 nitrogen and oxygen atoms in total. The Labute approximate surface area is 115 Å². The number of amides is 2. The third kappa shape index (κ3) is 5.30. The van der Waals surface area contributed by atoms with E-state index in [1.165, 1.54) is 0 Å². The summed E-state index contributed by atoms with van der Waals surface area (Å²) in [6.45, 7) is 10.0. The van der Waals surface area contributed by atoms with Crippen molar-refractivity contribution >= 4 is 11.8 Å². The first-order chi connectivity index (χ1) is 9.06. The molecule has 2 amide bonds. The molecule has 0 saturated carbocycles. The molecule has 0 aromatic carbocycles. The molecule has 1 heterocycles. The maximum absolute atomic E-state index is 11.6. The Kier molecular flexibility index (Phi) is 6.35. The maximum Gasteiger partial charge on any atom is 0.320 e. The van der Waals surface area contributed by atoms with Crippen LogP contribution in [-0.4, -0.2) is 46.9 Å². The lowest BCUT2D eigenvalue weighted by atomic mass is 10.3. The molecule has 1 rings (SSSR count). The highest BCUT2D eigenvalue weighted by Gasteiger charge is 2.05. The second-order valence-corrected chi connectivity index (χ2v) is 4.56. The van der Waals surface area contributed by atoms with Crippen LogP contribution < -0.4 is 10.6 Å². The van der Waals surface area contributed by atoms with Crippen molar-refractivity contribution in [1.29, 1.82) is 0 Å². The predicted octanol–water partition coefficient (Wildman–Crippen LogP) is 1.58. The van der Waals surface area contributed by atoms with E-state index in [0.717, 1.165) is 31.7 Å². The molecule has 0 saturated heterocycles. The van der Waals surface area contributed by atoms with Crippen molar-refractivity contribution in [3.8, 4) is 0 Å². The second-order valence-electron chi connectivity index (χ2n) is 4.56. The Balaban J connectivity index is 2.21. The molecule has 0 aliphatic rings. The van der Waals surface area contributed by atoms with Gasteiger partial charge in [-0.2, -0.15) is 5.10 Å². The number of urea groups is 1. The van der Waals surface area contributed by atoms with Crippen LogP contribution in [0.4, 0.5) is 10.6 Å². The normalized spacial score (nSPS) is 10.8. The fourth-order valence-corrected chi connectivity index (χ4v) is 1.83. The van der Waals surface area contributed by atoms with Crippen molar-refractivity contribution < 1.29 is 4.79 Å². The number of rotatable bonds is 7. The summed E-state index contributed by atoms with van der Waals surface area (Å²) in [5.41, 5.74) is 1.01. The van der Waals surface area contributed by atoms with Gasteiger partial charge in [-0.15, -0.1) is 0 Å². The van der Waals surface area contributed by atoms with Crippen molar-refractivity contribution in [2.75, 3.05) is 31.5 Å². The number of anilines is 1. The van der Waals surface area contributed by atoms with Crippen LogP contribution in [-0.2, 0) is 7.05 Å². The minimum absolute atomic E-state index is 0.197. The number of nitrogens with zero attached hydrogens (tertiary/aromatic N) is 3. The zero-order valence-corrected chi connectivity index (χ0v) is 12.4. The van der Waals surface area contributed by atoms with Crippen LogP contribution in [0.3, 0.4) is 0 Å². The molecular weight excluding hydrogens is 242 g/mol. The van der Waals surface area contributed by atoms with Gasteiger partial charge in [-0.3, -0.25) is 10.00 Å². The molecule has 0 aliphatic heterocycles. The monoisotopic (exact) mass is 267 g/mol. The van der Waals surface area contributed by atoms with Crippen LogP contribution in [0, 0.1) is 6.92 Å². The zero-order chi connectivity index (χ0) is 14.3. The highest BCUT2D eigenvalue weighted by Crippen LogP contribution is 2.05. The van der Waals surface area contributed by atoms with Gasteiger partial charge in [0.1, 0.15) is 0 Å². The summed E-state index contributed by atoms with van der Waals surface area (Å²) in [7, 11) is 1.85. The molecule has 0 atom stereocenters. The van der Waals surface area contributed by atoms with Crippen LogP contribution in [0.25, 0.3) is 0 Å². The summed E-state index contributed by atoms with van der Waals surface area (Å²) in [4.78, 5) is 14.0. The Morgan fingerprint density at radius 1 is 1.42 bits per heavy atom. The topological polar surface area (TPSA) is 62.2 Å². The van der Waals surface area contributed by atoms with E-state index in [4.69, 9.17) is 0 Å². The van der Waals surface area contributed by atoms with E-state index < -0.39 is 0 Å². The van der Waals surface area contributed by atoms with Crippen molar-refractivity contribution in [3.05, 3.63) is 11.8 Å². The lowest BCUT2D eigenvalue weighted by Crippen LogP contribution is -2.32. The molecule has 0 unspecified atom stereocenters. The van der Waals surface area contributed by atoms with E-state index in [2.05, 4.69) is 34.5 Å². The van der Waals surface area contributed by atoms with Gasteiger partial charge < -0.3 is 10.2 Å². The highest BCUT2D eigenvalue weighted by molar-refractivity contribution is 5.88. The van der Waals surface area contributed by atoms with Gasteiger partial charge in [-0.25, -0.2) is 4.79 Å². The maximum atomic E-state index is 11.6. The molecule has 0 spiro atoms. The van der Waals surface area contributed by atoms with Gasteiger partial charge in [-0.05, 0) is 33.0 Å². The van der Waals surface area contributed by atoms with Crippen molar-refractivity contribution in [2.24, 2.45) is 7.05 Å². The Bertz CT molecular complexity index is 378. The standard InChI is InChI=1S/C13H25N5O/c1-5-18(6-2)9-7-8-14-13(19)15-12-10-11(3)17(4)16-12/h10H,5-9H2,1-4H3,(H2,14,15,16,19). The van der Waals surface area contributed by atoms with Crippen molar-refractivity contribution in [3.63, 3.8) is 0 Å². The molecule has 0 radical (unpaired) electrons. The number of nitrogens with one attached hydrogen (secondary N) is 2. The molecule has 0 aliphatic carbocycles. The minimum Gasteiger partial charge on any atom is -0.338 e. The van der Waals surface area contributed by atoms with Crippen LogP contribution in [0.1, 0.15) is 26.0 Å². The number of carbonyl (C=O) groups is 1. The third-order valence-electron chi connectivity index (χ3n) is 3.19. The summed E-state index contributed by atoms with van der Waals surface area (Å²) in [6.07, 6.45) is 0.955. The number of aryl methyl sites for hydroxylation is 2. The predicted molar refractivity (Wildman–Crippen MR) is 77.4 cm³/mol. The Hall–Kier alpha value is -1.56. The van der Waals surface area contributed by atoms with Gasteiger partial charge in [-0.1, -0.05) is 13.8 Å². The van der Waals surface area contributed by atoms with E-state index in [9.17, 15) is 4.79 Å². The molecule has 0 bridgehead atoms. The average molecular weight is 267 g/mol. The summed E-state index contributed by atoms with van der Waals surface area (Å²) < 4.78 is 1.73. The SMILES string of the molecule is CCN(CC)CCCNC(=O)Nc1cc(C)n(C)n1. The van der Waals surface area contributed by atoms with Crippen molar-refractivity contribution in [2.45, 2.75) is 27.2 Å². The zero-order valence-electron chi connectivity index (χ0n) is 12.4. The summed E-state index contributed by atoms with van der Waals surface area (Å²) in [5.74, 6) is 0.584. The van der Waals surface area contributed by atoms with Gasteiger partial charge in [0.25, 0.3) is 0 Å². The van der Waals surface area contributed by atoms with E-state index in [0.29, 0.717) is 12.4 Å². The third-order valence-corrected chi connectivity index (χ3v) is 3.19. The molecule has 6 heteroatoms. The van der Waals surface area contributed by atoms with Crippen LogP contribution >= 0.6 is 0 Å². The number of aromatic nitrogens is 2. The fourth-order valence-electron chi connectivity index (χ4n) is 1.83. The molecule has 0 fully saturated rings. The van der Waals surface area contributed by atoms with E-state index in [1.54, 1.807) is 4.68 Å². The Morgan fingerprint density at radius 2 is 2.11 bits per heavy atom. The summed E-state index contributed by atoms with van der Waals surface area (Å²) in [5, 5.41) is 9.73. The molecule has 19 heavy (non-hydrogen) atoms. The summed E-state index contributed by atoms with van der Waals surface area (Å²) in [6, 6.07) is 1.65. The van der Waals surface area contributed by atoms with Crippen LogP contribution in [0.15, 0.2) is 6.07 Å². The van der Waals surface area contributed by atoms with Gasteiger partial charge in [0.2, 0.25) is 0 Å². The first-order valence-electron chi connectivity index (χ1n) is 6.84. The average Bonchev–Trinajstić information content (AvgIpc) is 2.68. The first kappa shape index (κ1) is 15.5. The number of carbonyl (C=O) groups excluding carboxylic acids is 1. The van der Waals surface area contributed by atoms with Gasteiger partial charge in [0, 0.05) is 25.4 Å². The molecule has 108 valence electrons. The highest BCUT2D eigenvalue weighted by atomic mass is 16.2. The first-order valence-corrected chi connectivity index (χ1v) is 6.84. The lowest BCUT2D eigenvalue weighted by molar-refractivity contribution is 0.250. The van der Waals surface area contributed by atoms with Crippen molar-refractivity contribution in [1.82, 2.24) is 20.0 Å². The van der Waals surface area contributed by atoms with Crippen LogP contribution in [0.2, 0.25) is 0 Å². The fraction of sp³-hybridized carbons (Fsp3) is 0.692. The Morgan fingerprint density at radius 3 is 2.63 bits per heavy atom. The molecule has 1 aromatic heterocycles. The van der Waals surface area contributed by atoms with Gasteiger partial charge >= 0.3 is 6.03 Å². The van der Waals surface area contributed by atoms with Gasteiger partial charge in [0.15, 0.2) is 5.82 Å². The van der Waals surface area contributed by atoms with Crippen LogP contribution in [0.5, 0.6) is 0 Å². The number of hydrogen-bond donors (Lipinski definition) is 2. The molecule has 1 aromatic rings. The second kappa shape index (κ2) is 7.78. The smallest absolute Gasteiger partial charge is 0.320 e. The molecule has 2 N–H and O–H groups in total. The van der Waals surface area contributed by atoms with Gasteiger partial charge in [0.05, 0.1) is 0 Å². The van der Waals surface area contributed by atoms with E-state index in [-0.39, 0.29) is 6.03 Å². The molecular formula is C13H25N5O. The quantitative estimate of drug-likeness (QED) is 0.737.